The Bertz CT molecular complexity index is 956. The maximum atomic E-state index is 12.0. The molecule has 3 rings (SSSR count). The number of nitrogens with one attached hydrogen (secondary N) is 2. The van der Waals surface area contributed by atoms with Crippen LogP contribution in [0.5, 0.6) is 11.5 Å². The van der Waals surface area contributed by atoms with Gasteiger partial charge in [-0.25, -0.2) is 4.79 Å². The summed E-state index contributed by atoms with van der Waals surface area (Å²) >= 11 is 0. The number of amides is 3. The minimum Gasteiger partial charge on any atom is -0.489 e. The molecule has 0 aromatic heterocycles. The number of hydrogen-bond donors (Lipinski definition) is 2. The van der Waals surface area contributed by atoms with Gasteiger partial charge in [-0.2, -0.15) is 0 Å². The first kappa shape index (κ1) is 19.9. The second-order valence-electron chi connectivity index (χ2n) is 6.36. The van der Waals surface area contributed by atoms with E-state index in [1.165, 1.54) is 0 Å². The maximum Gasteiger partial charge on any atom is 0.325 e. The molecule has 0 fully saturated rings. The van der Waals surface area contributed by atoms with Crippen LogP contribution in [-0.2, 0) is 11.4 Å². The number of benzene rings is 3. The highest BCUT2D eigenvalue weighted by atomic mass is 16.5. The fourth-order valence-corrected chi connectivity index (χ4v) is 2.56. The first-order chi connectivity index (χ1) is 14.1. The van der Waals surface area contributed by atoms with E-state index in [4.69, 9.17) is 9.47 Å². The topological polar surface area (TPSA) is 76.7 Å². The van der Waals surface area contributed by atoms with Gasteiger partial charge in [0.1, 0.15) is 18.1 Å². The molecule has 0 heterocycles. The van der Waals surface area contributed by atoms with Crippen LogP contribution in [0.4, 0.5) is 10.5 Å². The van der Waals surface area contributed by atoms with Crippen molar-refractivity contribution in [3.05, 3.63) is 90.0 Å². The minimum atomic E-state index is -0.624. The van der Waals surface area contributed by atoms with Crippen molar-refractivity contribution in [1.29, 1.82) is 0 Å². The van der Waals surface area contributed by atoms with Gasteiger partial charge in [-0.15, -0.1) is 0 Å². The number of imide groups is 1. The molecule has 3 aromatic carbocycles. The van der Waals surface area contributed by atoms with Crippen LogP contribution in [0.3, 0.4) is 0 Å². The van der Waals surface area contributed by atoms with Crippen LogP contribution in [0, 0.1) is 6.92 Å². The lowest BCUT2D eigenvalue weighted by molar-refractivity contribution is -0.121. The third-order valence-electron chi connectivity index (χ3n) is 4.07. The van der Waals surface area contributed by atoms with Crippen molar-refractivity contribution in [1.82, 2.24) is 5.32 Å². The molecule has 29 heavy (non-hydrogen) atoms. The minimum absolute atomic E-state index is 0.245. The van der Waals surface area contributed by atoms with E-state index in [2.05, 4.69) is 10.6 Å². The smallest absolute Gasteiger partial charge is 0.325 e. The molecule has 0 aliphatic carbocycles. The normalized spacial score (nSPS) is 10.1. The number of urea groups is 1. The summed E-state index contributed by atoms with van der Waals surface area (Å²) in [7, 11) is 0. The van der Waals surface area contributed by atoms with Gasteiger partial charge in [0.2, 0.25) is 0 Å². The Labute approximate surface area is 169 Å². The summed E-state index contributed by atoms with van der Waals surface area (Å²) in [5.74, 6) is 0.755. The summed E-state index contributed by atoms with van der Waals surface area (Å²) in [6, 6.07) is 23.5. The van der Waals surface area contributed by atoms with Crippen molar-refractivity contribution in [3.63, 3.8) is 0 Å². The molecule has 0 spiro atoms. The fraction of sp³-hybridized carbons (Fsp3) is 0.130. The number of ether oxygens (including phenoxy) is 2. The number of carbonyl (C=O) groups excluding carboxylic acids is 2. The predicted molar refractivity (Wildman–Crippen MR) is 111 cm³/mol. The Balaban J connectivity index is 1.42. The van der Waals surface area contributed by atoms with Crippen LogP contribution < -0.4 is 20.1 Å². The van der Waals surface area contributed by atoms with Crippen molar-refractivity contribution < 1.29 is 19.1 Å². The second kappa shape index (κ2) is 9.94. The van der Waals surface area contributed by atoms with Gasteiger partial charge in [-0.1, -0.05) is 48.5 Å². The standard InChI is InChI=1S/C23H22N2O4/c1-17-7-5-6-10-21(17)29-16-22(26)25-23(27)24-19-11-13-20(14-12-19)28-15-18-8-3-2-4-9-18/h2-14H,15-16H2,1H3,(H2,24,25,26,27). The summed E-state index contributed by atoms with van der Waals surface area (Å²) in [5, 5.41) is 4.84. The molecule has 0 saturated carbocycles. The number of rotatable bonds is 7. The highest BCUT2D eigenvalue weighted by molar-refractivity contribution is 6.01. The third kappa shape index (κ3) is 6.39. The summed E-state index contributed by atoms with van der Waals surface area (Å²) in [5.41, 5.74) is 2.53. The van der Waals surface area contributed by atoms with Gasteiger partial charge in [-0.05, 0) is 48.4 Å². The first-order valence-corrected chi connectivity index (χ1v) is 9.16. The van der Waals surface area contributed by atoms with E-state index in [1.54, 1.807) is 30.3 Å². The number of anilines is 1. The van der Waals surface area contributed by atoms with Gasteiger partial charge in [0.25, 0.3) is 5.91 Å². The van der Waals surface area contributed by atoms with Crippen molar-refractivity contribution in [2.45, 2.75) is 13.5 Å². The molecular formula is C23H22N2O4. The van der Waals surface area contributed by atoms with Gasteiger partial charge in [0.05, 0.1) is 0 Å². The largest absolute Gasteiger partial charge is 0.489 e. The summed E-state index contributed by atoms with van der Waals surface area (Å²) in [6.07, 6.45) is 0. The number of carbonyl (C=O) groups is 2. The highest BCUT2D eigenvalue weighted by Gasteiger charge is 2.09. The lowest BCUT2D eigenvalue weighted by Gasteiger charge is -2.10. The summed E-state index contributed by atoms with van der Waals surface area (Å²) in [6.45, 7) is 2.10. The average Bonchev–Trinajstić information content (AvgIpc) is 2.73. The zero-order chi connectivity index (χ0) is 20.5. The molecule has 6 heteroatoms. The molecule has 0 saturated heterocycles. The molecule has 0 unspecified atom stereocenters. The van der Waals surface area contributed by atoms with Crippen molar-refractivity contribution >= 4 is 17.6 Å². The molecule has 148 valence electrons. The molecule has 0 atom stereocenters. The quantitative estimate of drug-likeness (QED) is 0.631. The summed E-state index contributed by atoms with van der Waals surface area (Å²) in [4.78, 5) is 23.9. The van der Waals surface area contributed by atoms with Crippen LogP contribution in [0.1, 0.15) is 11.1 Å². The van der Waals surface area contributed by atoms with E-state index in [9.17, 15) is 9.59 Å². The Hall–Kier alpha value is -3.80. The van der Waals surface area contributed by atoms with E-state index in [-0.39, 0.29) is 6.61 Å². The van der Waals surface area contributed by atoms with E-state index < -0.39 is 11.9 Å². The Kier molecular flexibility index (Phi) is 6.84. The van der Waals surface area contributed by atoms with Crippen molar-refractivity contribution in [2.24, 2.45) is 0 Å². The Morgan fingerprint density at radius 1 is 0.828 bits per heavy atom. The molecular weight excluding hydrogens is 368 g/mol. The zero-order valence-corrected chi connectivity index (χ0v) is 16.1. The molecule has 2 N–H and O–H groups in total. The predicted octanol–water partition coefficient (Wildman–Crippen LogP) is 4.30. The van der Waals surface area contributed by atoms with Gasteiger partial charge in [-0.3, -0.25) is 10.1 Å². The first-order valence-electron chi connectivity index (χ1n) is 9.16. The van der Waals surface area contributed by atoms with Crippen LogP contribution in [0.2, 0.25) is 0 Å². The van der Waals surface area contributed by atoms with Crippen LogP contribution in [0.15, 0.2) is 78.9 Å². The maximum absolute atomic E-state index is 12.0. The Morgan fingerprint density at radius 3 is 2.24 bits per heavy atom. The van der Waals surface area contributed by atoms with E-state index >= 15 is 0 Å². The molecule has 3 amide bonds. The lowest BCUT2D eigenvalue weighted by Crippen LogP contribution is -2.37. The number of para-hydroxylation sites is 1. The van der Waals surface area contributed by atoms with Crippen LogP contribution in [0.25, 0.3) is 0 Å². The monoisotopic (exact) mass is 390 g/mol. The average molecular weight is 390 g/mol. The lowest BCUT2D eigenvalue weighted by atomic mass is 10.2. The number of aryl methyl sites for hydroxylation is 1. The molecule has 0 bridgehead atoms. The van der Waals surface area contributed by atoms with E-state index in [0.29, 0.717) is 23.8 Å². The van der Waals surface area contributed by atoms with Gasteiger partial charge in [0, 0.05) is 5.69 Å². The molecule has 0 aliphatic heterocycles. The Morgan fingerprint density at radius 2 is 1.52 bits per heavy atom. The third-order valence-corrected chi connectivity index (χ3v) is 4.07. The van der Waals surface area contributed by atoms with Gasteiger partial charge < -0.3 is 14.8 Å². The van der Waals surface area contributed by atoms with Crippen LogP contribution in [-0.4, -0.2) is 18.5 Å². The molecule has 6 nitrogen and oxygen atoms in total. The zero-order valence-electron chi connectivity index (χ0n) is 16.1. The fourth-order valence-electron chi connectivity index (χ4n) is 2.56. The van der Waals surface area contributed by atoms with E-state index in [0.717, 1.165) is 11.1 Å². The molecule has 0 aliphatic rings. The summed E-state index contributed by atoms with van der Waals surface area (Å²) < 4.78 is 11.1. The van der Waals surface area contributed by atoms with E-state index in [1.807, 2.05) is 55.5 Å². The number of hydrogen-bond acceptors (Lipinski definition) is 4. The highest BCUT2D eigenvalue weighted by Crippen LogP contribution is 2.17. The van der Waals surface area contributed by atoms with Gasteiger partial charge in [0.15, 0.2) is 6.61 Å². The molecule has 3 aromatic rings. The van der Waals surface area contributed by atoms with Crippen molar-refractivity contribution in [3.8, 4) is 11.5 Å². The van der Waals surface area contributed by atoms with Crippen molar-refractivity contribution in [2.75, 3.05) is 11.9 Å². The second-order valence-corrected chi connectivity index (χ2v) is 6.36. The van der Waals surface area contributed by atoms with Crippen LogP contribution >= 0.6 is 0 Å². The van der Waals surface area contributed by atoms with Gasteiger partial charge >= 0.3 is 6.03 Å². The SMILES string of the molecule is Cc1ccccc1OCC(=O)NC(=O)Nc1ccc(OCc2ccccc2)cc1. The molecule has 0 radical (unpaired) electrons.